The average molecular weight is 293 g/mol. The van der Waals surface area contributed by atoms with Crippen molar-refractivity contribution in [2.24, 2.45) is 11.1 Å². The summed E-state index contributed by atoms with van der Waals surface area (Å²) in [4.78, 5) is 14.7. The number of furan rings is 1. The molecule has 118 valence electrons. The molecule has 0 spiro atoms. The number of amides is 1. The van der Waals surface area contributed by atoms with Crippen LogP contribution in [0.5, 0.6) is 0 Å². The lowest BCUT2D eigenvalue weighted by Crippen LogP contribution is -2.48. The summed E-state index contributed by atoms with van der Waals surface area (Å²) < 4.78 is 5.47. The first-order valence-electron chi connectivity index (χ1n) is 7.77. The molecule has 5 heteroatoms. The van der Waals surface area contributed by atoms with Gasteiger partial charge >= 0.3 is 0 Å². The molecule has 1 aliphatic carbocycles. The Labute approximate surface area is 126 Å². The van der Waals surface area contributed by atoms with Crippen LogP contribution < -0.4 is 11.1 Å². The molecule has 1 aromatic rings. The van der Waals surface area contributed by atoms with Crippen LogP contribution in [0.15, 0.2) is 22.8 Å². The van der Waals surface area contributed by atoms with Crippen molar-refractivity contribution in [1.29, 1.82) is 0 Å². The number of rotatable bonds is 6. The molecule has 1 aliphatic rings. The van der Waals surface area contributed by atoms with Gasteiger partial charge in [0.15, 0.2) is 0 Å². The van der Waals surface area contributed by atoms with Crippen LogP contribution in [-0.2, 0) is 4.79 Å². The summed E-state index contributed by atoms with van der Waals surface area (Å²) in [5.74, 6) is 0.967. The zero-order chi connectivity index (χ0) is 15.3. The van der Waals surface area contributed by atoms with Gasteiger partial charge in [0.1, 0.15) is 5.76 Å². The van der Waals surface area contributed by atoms with Crippen LogP contribution in [0.25, 0.3) is 0 Å². The second-order valence-electron chi connectivity index (χ2n) is 6.25. The lowest BCUT2D eigenvalue weighted by Gasteiger charge is -2.35. The highest BCUT2D eigenvalue weighted by Gasteiger charge is 2.38. The number of hydrogen-bond donors (Lipinski definition) is 2. The van der Waals surface area contributed by atoms with E-state index >= 15 is 0 Å². The van der Waals surface area contributed by atoms with Gasteiger partial charge in [0.2, 0.25) is 5.91 Å². The summed E-state index contributed by atoms with van der Waals surface area (Å²) in [5.41, 5.74) is 5.55. The first-order valence-corrected chi connectivity index (χ1v) is 7.77. The molecule has 1 aromatic heterocycles. The van der Waals surface area contributed by atoms with Gasteiger partial charge in [0.25, 0.3) is 0 Å². The topological polar surface area (TPSA) is 71.5 Å². The maximum Gasteiger partial charge on any atom is 0.227 e. The van der Waals surface area contributed by atoms with Gasteiger partial charge in [-0.3, -0.25) is 9.69 Å². The van der Waals surface area contributed by atoms with Gasteiger partial charge in [-0.1, -0.05) is 19.3 Å². The van der Waals surface area contributed by atoms with Crippen molar-refractivity contribution in [1.82, 2.24) is 10.2 Å². The Kier molecular flexibility index (Phi) is 5.42. The normalized spacial score (nSPS) is 19.4. The van der Waals surface area contributed by atoms with Crippen LogP contribution in [0.3, 0.4) is 0 Å². The zero-order valence-corrected chi connectivity index (χ0v) is 13.1. The second kappa shape index (κ2) is 7.09. The minimum Gasteiger partial charge on any atom is -0.468 e. The van der Waals surface area contributed by atoms with E-state index in [2.05, 4.69) is 10.2 Å². The predicted octanol–water partition coefficient (Wildman–Crippen LogP) is 1.91. The van der Waals surface area contributed by atoms with E-state index in [4.69, 9.17) is 10.2 Å². The molecule has 0 bridgehead atoms. The monoisotopic (exact) mass is 293 g/mol. The molecule has 1 fully saturated rings. The van der Waals surface area contributed by atoms with Crippen LogP contribution in [0.2, 0.25) is 0 Å². The summed E-state index contributed by atoms with van der Waals surface area (Å²) in [6.07, 6.45) is 6.88. The third kappa shape index (κ3) is 3.66. The van der Waals surface area contributed by atoms with Crippen molar-refractivity contribution >= 4 is 5.91 Å². The smallest absolute Gasteiger partial charge is 0.227 e. The third-order valence-corrected chi connectivity index (χ3v) is 4.63. The quantitative estimate of drug-likeness (QED) is 0.840. The summed E-state index contributed by atoms with van der Waals surface area (Å²) >= 11 is 0. The maximum absolute atomic E-state index is 12.6. The fraction of sp³-hybridized carbons (Fsp3) is 0.688. The molecule has 1 amide bonds. The van der Waals surface area contributed by atoms with Gasteiger partial charge in [-0.15, -0.1) is 0 Å². The van der Waals surface area contributed by atoms with E-state index in [0.717, 1.165) is 31.4 Å². The zero-order valence-electron chi connectivity index (χ0n) is 13.1. The number of hydrogen-bond acceptors (Lipinski definition) is 4. The summed E-state index contributed by atoms with van der Waals surface area (Å²) in [6, 6.07) is 3.86. The maximum atomic E-state index is 12.6. The van der Waals surface area contributed by atoms with E-state index in [1.165, 1.54) is 6.42 Å². The van der Waals surface area contributed by atoms with Gasteiger partial charge in [0, 0.05) is 13.1 Å². The fourth-order valence-electron chi connectivity index (χ4n) is 3.15. The number of likely N-dealkylation sites (N-methyl/N-ethyl adjacent to an activating group) is 1. The minimum absolute atomic E-state index is 0.0439. The molecule has 1 unspecified atom stereocenters. The van der Waals surface area contributed by atoms with Crippen LogP contribution in [0, 0.1) is 5.41 Å². The molecule has 0 aliphatic heterocycles. The molecule has 21 heavy (non-hydrogen) atoms. The lowest BCUT2D eigenvalue weighted by molar-refractivity contribution is -0.132. The van der Waals surface area contributed by atoms with Crippen LogP contribution in [0.4, 0.5) is 0 Å². The Bertz CT molecular complexity index is 436. The Morgan fingerprint density at radius 3 is 2.67 bits per heavy atom. The van der Waals surface area contributed by atoms with Crippen molar-refractivity contribution < 1.29 is 9.21 Å². The first kappa shape index (κ1) is 16.0. The number of nitrogens with two attached hydrogens (primary N) is 1. The van der Waals surface area contributed by atoms with E-state index < -0.39 is 0 Å². The molecule has 1 atom stereocenters. The Morgan fingerprint density at radius 1 is 1.43 bits per heavy atom. The summed E-state index contributed by atoms with van der Waals surface area (Å²) in [6.45, 7) is 0.979. The van der Waals surface area contributed by atoms with Gasteiger partial charge in [-0.05, 0) is 39.1 Å². The molecule has 5 nitrogen and oxygen atoms in total. The number of nitrogens with zero attached hydrogens (tertiary/aromatic N) is 1. The van der Waals surface area contributed by atoms with Crippen molar-refractivity contribution in [3.8, 4) is 0 Å². The van der Waals surface area contributed by atoms with Crippen molar-refractivity contribution in [2.75, 3.05) is 27.2 Å². The van der Waals surface area contributed by atoms with Crippen molar-refractivity contribution in [3.05, 3.63) is 24.2 Å². The van der Waals surface area contributed by atoms with Crippen LogP contribution in [-0.4, -0.2) is 38.0 Å². The molecular weight excluding hydrogens is 266 g/mol. The van der Waals surface area contributed by atoms with Crippen molar-refractivity contribution in [2.45, 2.75) is 38.1 Å². The molecule has 2 rings (SSSR count). The molecule has 1 saturated carbocycles. The van der Waals surface area contributed by atoms with Crippen molar-refractivity contribution in [3.63, 3.8) is 0 Å². The average Bonchev–Trinajstić information content (AvgIpc) is 3.01. The standard InChI is InChI=1S/C16H27N3O2/c1-19(2)13(14-7-6-10-21-14)11-18-15(20)16(12-17)8-4-3-5-9-16/h6-7,10,13H,3-5,8-9,11-12,17H2,1-2H3,(H,18,20). The molecule has 0 radical (unpaired) electrons. The largest absolute Gasteiger partial charge is 0.468 e. The Morgan fingerprint density at radius 2 is 2.14 bits per heavy atom. The van der Waals surface area contributed by atoms with Gasteiger partial charge in [-0.2, -0.15) is 0 Å². The van der Waals surface area contributed by atoms with Crippen LogP contribution in [0.1, 0.15) is 43.9 Å². The Hall–Kier alpha value is -1.33. The SMILES string of the molecule is CN(C)C(CNC(=O)C1(CN)CCCCC1)c1ccco1. The van der Waals surface area contributed by atoms with Crippen LogP contribution >= 0.6 is 0 Å². The first-order chi connectivity index (χ1) is 10.1. The Balaban J connectivity index is 1.98. The van der Waals surface area contributed by atoms with Gasteiger partial charge < -0.3 is 15.5 Å². The lowest BCUT2D eigenvalue weighted by atomic mass is 9.73. The number of carbonyl (C=O) groups is 1. The predicted molar refractivity (Wildman–Crippen MR) is 82.7 cm³/mol. The molecule has 0 aromatic carbocycles. The van der Waals surface area contributed by atoms with E-state index in [0.29, 0.717) is 13.1 Å². The number of nitrogens with one attached hydrogen (secondary N) is 1. The molecular formula is C16H27N3O2. The van der Waals surface area contributed by atoms with E-state index in [-0.39, 0.29) is 17.4 Å². The minimum atomic E-state index is -0.363. The van der Waals surface area contributed by atoms with Gasteiger partial charge in [0.05, 0.1) is 17.7 Å². The number of carbonyl (C=O) groups excluding carboxylic acids is 1. The van der Waals surface area contributed by atoms with E-state index in [1.807, 2.05) is 26.2 Å². The third-order valence-electron chi connectivity index (χ3n) is 4.63. The van der Waals surface area contributed by atoms with Gasteiger partial charge in [-0.25, -0.2) is 0 Å². The highest BCUT2D eigenvalue weighted by Crippen LogP contribution is 2.35. The molecule has 3 N–H and O–H groups in total. The highest BCUT2D eigenvalue weighted by atomic mass is 16.3. The molecule has 0 saturated heterocycles. The summed E-state index contributed by atoms with van der Waals surface area (Å²) in [7, 11) is 3.97. The van der Waals surface area contributed by atoms with E-state index in [9.17, 15) is 4.79 Å². The highest BCUT2D eigenvalue weighted by molar-refractivity contribution is 5.83. The summed E-state index contributed by atoms with van der Waals surface area (Å²) in [5, 5.41) is 3.09. The van der Waals surface area contributed by atoms with E-state index in [1.54, 1.807) is 6.26 Å². The molecule has 1 heterocycles. The second-order valence-corrected chi connectivity index (χ2v) is 6.25. The fourth-order valence-corrected chi connectivity index (χ4v) is 3.15.